The molecular formula is C22H17N3O4. The summed E-state index contributed by atoms with van der Waals surface area (Å²) < 4.78 is 5.56. The molecule has 3 aromatic heterocycles. The average molecular weight is 387 g/mol. The van der Waals surface area contributed by atoms with Crippen molar-refractivity contribution in [1.82, 2.24) is 15.3 Å². The number of aromatic carboxylic acids is 1. The highest BCUT2D eigenvalue weighted by atomic mass is 16.4. The number of nitrogens with zero attached hydrogens (tertiary/aromatic N) is 2. The summed E-state index contributed by atoms with van der Waals surface area (Å²) in [6.07, 6.45) is 5.62. The molecule has 7 heteroatoms. The van der Waals surface area contributed by atoms with Crippen LogP contribution in [0, 0.1) is 0 Å². The highest BCUT2D eigenvalue weighted by Crippen LogP contribution is 2.20. The Hall–Kier alpha value is -4.00. The van der Waals surface area contributed by atoms with Crippen molar-refractivity contribution in [3.8, 4) is 0 Å². The van der Waals surface area contributed by atoms with Crippen LogP contribution in [0.2, 0.25) is 0 Å². The van der Waals surface area contributed by atoms with Crippen molar-refractivity contribution in [3.05, 3.63) is 95.1 Å². The Bertz CT molecular complexity index is 1170. The molecule has 0 aliphatic carbocycles. The van der Waals surface area contributed by atoms with E-state index in [0.29, 0.717) is 18.7 Å². The first-order valence-electron chi connectivity index (χ1n) is 8.96. The molecule has 0 aliphatic rings. The van der Waals surface area contributed by atoms with Crippen molar-refractivity contribution >= 4 is 23.0 Å². The molecule has 4 aromatic rings. The molecule has 0 fully saturated rings. The van der Waals surface area contributed by atoms with E-state index >= 15 is 0 Å². The Labute approximate surface area is 166 Å². The van der Waals surface area contributed by atoms with Gasteiger partial charge in [-0.05, 0) is 59.5 Å². The second kappa shape index (κ2) is 7.93. The van der Waals surface area contributed by atoms with Crippen LogP contribution in [0.1, 0.15) is 37.6 Å². The number of hydrogen-bond acceptors (Lipinski definition) is 5. The number of pyridine rings is 2. The van der Waals surface area contributed by atoms with E-state index in [2.05, 4.69) is 15.3 Å². The van der Waals surface area contributed by atoms with Crippen molar-refractivity contribution in [2.24, 2.45) is 0 Å². The smallest absolute Gasteiger partial charge is 0.335 e. The molecule has 7 nitrogen and oxygen atoms in total. The summed E-state index contributed by atoms with van der Waals surface area (Å²) in [4.78, 5) is 31.5. The third-order valence-electron chi connectivity index (χ3n) is 4.46. The number of hydrogen-bond donors (Lipinski definition) is 2. The van der Waals surface area contributed by atoms with E-state index in [1.165, 1.54) is 0 Å². The SMILES string of the molecule is O=C(O)c1ccc(Cc2cnc3oc(C(=O)NCc4ccncc4)cc3c2)cc1. The predicted molar refractivity (Wildman–Crippen MR) is 106 cm³/mol. The third kappa shape index (κ3) is 4.30. The zero-order valence-corrected chi connectivity index (χ0v) is 15.3. The van der Waals surface area contributed by atoms with Gasteiger partial charge in [0.05, 0.1) is 5.56 Å². The van der Waals surface area contributed by atoms with Crippen molar-refractivity contribution in [2.75, 3.05) is 0 Å². The molecule has 144 valence electrons. The number of benzene rings is 1. The molecule has 29 heavy (non-hydrogen) atoms. The molecule has 0 bridgehead atoms. The van der Waals surface area contributed by atoms with E-state index in [1.54, 1.807) is 48.9 Å². The number of furan rings is 1. The van der Waals surface area contributed by atoms with Crippen LogP contribution in [-0.2, 0) is 13.0 Å². The van der Waals surface area contributed by atoms with Crippen molar-refractivity contribution in [3.63, 3.8) is 0 Å². The van der Waals surface area contributed by atoms with Crippen LogP contribution in [0.5, 0.6) is 0 Å². The molecule has 2 N–H and O–H groups in total. The predicted octanol–water partition coefficient (Wildman–Crippen LogP) is 3.44. The van der Waals surface area contributed by atoms with Crippen LogP contribution in [0.15, 0.2) is 71.5 Å². The summed E-state index contributed by atoms with van der Waals surface area (Å²) in [5.41, 5.74) is 3.49. The fraction of sp³-hybridized carbons (Fsp3) is 0.0909. The summed E-state index contributed by atoms with van der Waals surface area (Å²) in [6.45, 7) is 0.378. The van der Waals surface area contributed by atoms with Crippen LogP contribution in [0.4, 0.5) is 0 Å². The van der Waals surface area contributed by atoms with Gasteiger partial charge >= 0.3 is 5.97 Å². The highest BCUT2D eigenvalue weighted by Gasteiger charge is 2.13. The Morgan fingerprint density at radius 1 is 0.966 bits per heavy atom. The van der Waals surface area contributed by atoms with Gasteiger partial charge in [-0.2, -0.15) is 0 Å². The molecule has 0 radical (unpaired) electrons. The average Bonchev–Trinajstić information content (AvgIpc) is 3.17. The summed E-state index contributed by atoms with van der Waals surface area (Å²) in [7, 11) is 0. The van der Waals surface area contributed by atoms with E-state index < -0.39 is 5.97 Å². The minimum Gasteiger partial charge on any atom is -0.478 e. The zero-order chi connectivity index (χ0) is 20.2. The van der Waals surface area contributed by atoms with Crippen LogP contribution in [-0.4, -0.2) is 27.0 Å². The Morgan fingerprint density at radius 2 is 1.72 bits per heavy atom. The molecule has 0 atom stereocenters. The van der Waals surface area contributed by atoms with E-state index in [-0.39, 0.29) is 17.2 Å². The number of carbonyl (C=O) groups excluding carboxylic acids is 1. The normalized spacial score (nSPS) is 10.8. The number of amides is 1. The molecular weight excluding hydrogens is 370 g/mol. The summed E-state index contributed by atoms with van der Waals surface area (Å²) >= 11 is 0. The highest BCUT2D eigenvalue weighted by molar-refractivity contribution is 5.95. The fourth-order valence-electron chi connectivity index (χ4n) is 2.96. The maximum Gasteiger partial charge on any atom is 0.335 e. The van der Waals surface area contributed by atoms with Gasteiger partial charge in [0.15, 0.2) is 5.76 Å². The largest absolute Gasteiger partial charge is 0.478 e. The quantitative estimate of drug-likeness (QED) is 0.525. The maximum absolute atomic E-state index is 12.4. The van der Waals surface area contributed by atoms with Crippen molar-refractivity contribution < 1.29 is 19.1 Å². The number of carboxylic acid groups (broad SMARTS) is 1. The Morgan fingerprint density at radius 3 is 2.45 bits per heavy atom. The van der Waals surface area contributed by atoms with Gasteiger partial charge in [-0.25, -0.2) is 9.78 Å². The van der Waals surface area contributed by atoms with Crippen LogP contribution in [0.25, 0.3) is 11.1 Å². The maximum atomic E-state index is 12.4. The summed E-state index contributed by atoms with van der Waals surface area (Å²) in [5.74, 6) is -1.07. The first-order valence-corrected chi connectivity index (χ1v) is 8.96. The monoisotopic (exact) mass is 387 g/mol. The zero-order valence-electron chi connectivity index (χ0n) is 15.3. The van der Waals surface area contributed by atoms with E-state index in [4.69, 9.17) is 9.52 Å². The second-order valence-electron chi connectivity index (χ2n) is 6.57. The van der Waals surface area contributed by atoms with Gasteiger partial charge in [-0.3, -0.25) is 9.78 Å². The first kappa shape index (κ1) is 18.4. The van der Waals surface area contributed by atoms with Crippen LogP contribution in [0.3, 0.4) is 0 Å². The lowest BCUT2D eigenvalue weighted by Gasteiger charge is -2.02. The lowest BCUT2D eigenvalue weighted by Crippen LogP contribution is -2.22. The van der Waals surface area contributed by atoms with Gasteiger partial charge < -0.3 is 14.8 Å². The topological polar surface area (TPSA) is 105 Å². The van der Waals surface area contributed by atoms with Gasteiger partial charge in [0.25, 0.3) is 5.91 Å². The second-order valence-corrected chi connectivity index (χ2v) is 6.57. The lowest BCUT2D eigenvalue weighted by atomic mass is 10.0. The third-order valence-corrected chi connectivity index (χ3v) is 4.46. The molecule has 0 saturated heterocycles. The van der Waals surface area contributed by atoms with E-state index in [9.17, 15) is 9.59 Å². The van der Waals surface area contributed by atoms with Gasteiger partial charge in [0.1, 0.15) is 0 Å². The van der Waals surface area contributed by atoms with Gasteiger partial charge in [-0.15, -0.1) is 0 Å². The number of aromatic nitrogens is 2. The van der Waals surface area contributed by atoms with Gasteiger partial charge in [0.2, 0.25) is 5.71 Å². The van der Waals surface area contributed by atoms with Gasteiger partial charge in [0, 0.05) is 30.5 Å². The minimum absolute atomic E-state index is 0.199. The number of carboxylic acids is 1. The summed E-state index contributed by atoms with van der Waals surface area (Å²) in [5, 5.41) is 12.5. The number of rotatable bonds is 6. The van der Waals surface area contributed by atoms with Crippen LogP contribution < -0.4 is 5.32 Å². The molecule has 4 rings (SSSR count). The first-order chi connectivity index (χ1) is 14.1. The molecule has 0 aliphatic heterocycles. The van der Waals surface area contributed by atoms with Crippen LogP contribution >= 0.6 is 0 Å². The lowest BCUT2D eigenvalue weighted by molar-refractivity contribution is 0.0696. The molecule has 0 unspecified atom stereocenters. The molecule has 3 heterocycles. The molecule has 1 amide bonds. The Kier molecular flexibility index (Phi) is 5.03. The van der Waals surface area contributed by atoms with E-state index in [1.807, 2.05) is 18.2 Å². The standard InChI is InChI=1S/C22H17N3O4/c26-20(24-12-15-5-7-23-8-6-15)19-11-18-10-16(13-25-21(18)29-19)9-14-1-3-17(4-2-14)22(27)28/h1-8,10-11,13H,9,12H2,(H,24,26)(H,27,28). The van der Waals surface area contributed by atoms with Gasteiger partial charge in [-0.1, -0.05) is 12.1 Å². The molecule has 0 saturated carbocycles. The number of nitrogens with one attached hydrogen (secondary N) is 1. The molecule has 1 aromatic carbocycles. The fourth-order valence-corrected chi connectivity index (χ4v) is 2.96. The number of carbonyl (C=O) groups is 2. The molecule has 0 spiro atoms. The minimum atomic E-state index is -0.951. The number of fused-ring (bicyclic) bond motifs is 1. The van der Waals surface area contributed by atoms with Crippen molar-refractivity contribution in [2.45, 2.75) is 13.0 Å². The van der Waals surface area contributed by atoms with E-state index in [0.717, 1.165) is 22.1 Å². The summed E-state index contributed by atoms with van der Waals surface area (Å²) in [6, 6.07) is 13.9. The Balaban J connectivity index is 1.47. The van der Waals surface area contributed by atoms with Crippen molar-refractivity contribution in [1.29, 1.82) is 0 Å².